The van der Waals surface area contributed by atoms with Gasteiger partial charge >= 0.3 is 6.03 Å². The molecule has 2 fully saturated rings. The summed E-state index contributed by atoms with van der Waals surface area (Å²) < 4.78 is 11.4. The summed E-state index contributed by atoms with van der Waals surface area (Å²) in [7, 11) is 1.90. The fraction of sp³-hybridized carbons (Fsp3) is 0.667. The molecule has 0 saturated carbocycles. The highest BCUT2D eigenvalue weighted by Gasteiger charge is 2.34. The van der Waals surface area contributed by atoms with Crippen LogP contribution < -0.4 is 14.8 Å². The summed E-state index contributed by atoms with van der Waals surface area (Å²) in [5.74, 6) is 2.04. The van der Waals surface area contributed by atoms with Crippen LogP contribution >= 0.6 is 0 Å². The Morgan fingerprint density at radius 1 is 1.11 bits per heavy atom. The molecule has 1 N–H and O–H groups in total. The van der Waals surface area contributed by atoms with Crippen LogP contribution in [0.2, 0.25) is 0 Å². The number of nitrogens with zero attached hydrogens (tertiary/aromatic N) is 2. The highest BCUT2D eigenvalue weighted by molar-refractivity contribution is 5.89. The number of amides is 2. The monoisotopic (exact) mass is 373 g/mol. The lowest BCUT2D eigenvalue weighted by Crippen LogP contribution is -2.51. The van der Waals surface area contributed by atoms with Gasteiger partial charge in [-0.1, -0.05) is 6.42 Å². The number of anilines is 1. The Labute approximate surface area is 161 Å². The van der Waals surface area contributed by atoms with E-state index < -0.39 is 0 Å². The van der Waals surface area contributed by atoms with Crippen molar-refractivity contribution in [2.24, 2.45) is 5.92 Å². The van der Waals surface area contributed by atoms with Crippen molar-refractivity contribution in [3.8, 4) is 11.5 Å². The van der Waals surface area contributed by atoms with Crippen molar-refractivity contribution in [2.75, 3.05) is 45.2 Å². The summed E-state index contributed by atoms with van der Waals surface area (Å²) in [6, 6.07) is 6.20. The second-order valence-corrected chi connectivity index (χ2v) is 8.02. The van der Waals surface area contributed by atoms with E-state index in [1.807, 2.05) is 30.1 Å². The number of hydrogen-bond donors (Lipinski definition) is 1. The minimum absolute atomic E-state index is 0.0579. The molecule has 0 aromatic heterocycles. The van der Waals surface area contributed by atoms with Crippen LogP contribution in [-0.4, -0.2) is 61.8 Å². The Balaban J connectivity index is 1.36. The lowest BCUT2D eigenvalue weighted by molar-refractivity contribution is 0.0495. The molecule has 2 amide bonds. The third-order valence-corrected chi connectivity index (χ3v) is 6.08. The topological polar surface area (TPSA) is 54.0 Å². The van der Waals surface area contributed by atoms with Gasteiger partial charge in [0.15, 0.2) is 11.5 Å². The van der Waals surface area contributed by atoms with Gasteiger partial charge in [0.05, 0.1) is 13.2 Å². The van der Waals surface area contributed by atoms with Gasteiger partial charge in [0.25, 0.3) is 0 Å². The second-order valence-electron chi connectivity index (χ2n) is 8.02. The van der Waals surface area contributed by atoms with Crippen LogP contribution in [0.25, 0.3) is 0 Å². The van der Waals surface area contributed by atoms with Crippen LogP contribution in [0.4, 0.5) is 10.5 Å². The second kappa shape index (κ2) is 8.38. The molecule has 148 valence electrons. The zero-order valence-corrected chi connectivity index (χ0v) is 16.3. The van der Waals surface area contributed by atoms with Crippen molar-refractivity contribution < 1.29 is 14.3 Å². The molecule has 4 rings (SSSR count). The van der Waals surface area contributed by atoms with E-state index in [4.69, 9.17) is 9.47 Å². The van der Waals surface area contributed by atoms with Crippen molar-refractivity contribution in [3.05, 3.63) is 18.2 Å². The number of urea groups is 1. The Hall–Kier alpha value is -1.95. The lowest BCUT2D eigenvalue weighted by atomic mass is 9.83. The summed E-state index contributed by atoms with van der Waals surface area (Å²) in [4.78, 5) is 17.2. The van der Waals surface area contributed by atoms with Crippen molar-refractivity contribution >= 4 is 11.7 Å². The van der Waals surface area contributed by atoms with Crippen LogP contribution in [0.3, 0.4) is 0 Å². The molecule has 6 nitrogen and oxygen atoms in total. The average Bonchev–Trinajstić information content (AvgIpc) is 2.93. The van der Waals surface area contributed by atoms with E-state index in [2.05, 4.69) is 10.2 Å². The molecule has 0 radical (unpaired) electrons. The number of carbonyl (C=O) groups excluding carboxylic acids is 1. The number of hydrogen-bond acceptors (Lipinski definition) is 4. The van der Waals surface area contributed by atoms with E-state index in [9.17, 15) is 4.79 Å². The third kappa shape index (κ3) is 4.32. The smallest absolute Gasteiger partial charge is 0.321 e. The van der Waals surface area contributed by atoms with Crippen molar-refractivity contribution in [1.82, 2.24) is 9.80 Å². The van der Waals surface area contributed by atoms with Crippen molar-refractivity contribution in [2.45, 2.75) is 44.6 Å². The van der Waals surface area contributed by atoms with Crippen molar-refractivity contribution in [1.29, 1.82) is 0 Å². The Bertz CT molecular complexity index is 664. The maximum Gasteiger partial charge on any atom is 0.321 e. The summed E-state index contributed by atoms with van der Waals surface area (Å²) in [6.07, 6.45) is 7.27. The zero-order valence-electron chi connectivity index (χ0n) is 16.3. The maximum absolute atomic E-state index is 12.7. The number of nitrogens with one attached hydrogen (secondary N) is 1. The highest BCUT2D eigenvalue weighted by atomic mass is 16.5. The van der Waals surface area contributed by atoms with E-state index in [1.165, 1.54) is 45.2 Å². The molecule has 1 aromatic carbocycles. The van der Waals surface area contributed by atoms with Gasteiger partial charge < -0.3 is 24.6 Å². The highest BCUT2D eigenvalue weighted by Crippen LogP contribution is 2.33. The number of fused-ring (bicyclic) bond motifs is 2. The minimum atomic E-state index is -0.0579. The molecule has 3 aliphatic rings. The van der Waals surface area contributed by atoms with Gasteiger partial charge in [0, 0.05) is 37.8 Å². The van der Waals surface area contributed by atoms with Gasteiger partial charge in [-0.05, 0) is 56.8 Å². The molecule has 0 spiro atoms. The molecule has 6 heteroatoms. The number of piperidine rings is 2. The molecule has 3 aliphatic heterocycles. The van der Waals surface area contributed by atoms with E-state index in [0.717, 1.165) is 24.4 Å². The Morgan fingerprint density at radius 2 is 1.93 bits per heavy atom. The molecule has 27 heavy (non-hydrogen) atoms. The van der Waals surface area contributed by atoms with Crippen LogP contribution in [-0.2, 0) is 0 Å². The van der Waals surface area contributed by atoms with Crippen LogP contribution in [0, 0.1) is 5.92 Å². The molecule has 0 aliphatic carbocycles. The molecule has 1 aromatic rings. The van der Waals surface area contributed by atoms with Gasteiger partial charge in [0.1, 0.15) is 0 Å². The normalized spacial score (nSPS) is 25.2. The average molecular weight is 373 g/mol. The Kier molecular flexibility index (Phi) is 5.72. The molecule has 3 heterocycles. The van der Waals surface area contributed by atoms with Gasteiger partial charge in [-0.2, -0.15) is 0 Å². The number of benzene rings is 1. The van der Waals surface area contributed by atoms with Crippen LogP contribution in [0.5, 0.6) is 11.5 Å². The minimum Gasteiger partial charge on any atom is -0.490 e. The fourth-order valence-corrected chi connectivity index (χ4v) is 4.68. The summed E-state index contributed by atoms with van der Waals surface area (Å²) in [5.41, 5.74) is 0.749. The first-order chi connectivity index (χ1) is 13.2. The molecular formula is C21H31N3O3. The SMILES string of the molecule is CN(C[C@@H]1CCCN2CCCC[C@H]12)C(=O)Nc1ccc2c(c1)OCCCO2. The first-order valence-electron chi connectivity index (χ1n) is 10.4. The van der Waals surface area contributed by atoms with Crippen LogP contribution in [0.1, 0.15) is 38.5 Å². The first-order valence-corrected chi connectivity index (χ1v) is 10.4. The lowest BCUT2D eigenvalue weighted by Gasteiger charge is -2.45. The quantitative estimate of drug-likeness (QED) is 0.880. The molecular weight excluding hydrogens is 342 g/mol. The summed E-state index contributed by atoms with van der Waals surface area (Å²) in [6.45, 7) is 4.59. The standard InChI is InChI=1S/C21H31N3O3/c1-23(15-16-6-4-11-24-10-3-2-7-18(16)24)21(25)22-17-8-9-19-20(14-17)27-13-5-12-26-19/h8-9,14,16,18H,2-7,10-13,15H2,1H3,(H,22,25)/t16-,18+/m0/s1. The molecule has 0 unspecified atom stereocenters. The van der Waals surface area contributed by atoms with Crippen molar-refractivity contribution in [3.63, 3.8) is 0 Å². The molecule has 2 atom stereocenters. The van der Waals surface area contributed by atoms with Gasteiger partial charge in [-0.15, -0.1) is 0 Å². The summed E-state index contributed by atoms with van der Waals surface area (Å²) in [5, 5.41) is 3.01. The first kappa shape index (κ1) is 18.4. The van der Waals surface area contributed by atoms with E-state index in [1.54, 1.807) is 0 Å². The van der Waals surface area contributed by atoms with Gasteiger partial charge in [-0.25, -0.2) is 4.79 Å². The molecule has 0 bridgehead atoms. The van der Waals surface area contributed by atoms with E-state index >= 15 is 0 Å². The van der Waals surface area contributed by atoms with E-state index in [0.29, 0.717) is 30.9 Å². The molecule has 2 saturated heterocycles. The maximum atomic E-state index is 12.7. The third-order valence-electron chi connectivity index (χ3n) is 6.08. The van der Waals surface area contributed by atoms with E-state index in [-0.39, 0.29) is 6.03 Å². The number of carbonyl (C=O) groups is 1. The number of rotatable bonds is 3. The Morgan fingerprint density at radius 3 is 2.81 bits per heavy atom. The van der Waals surface area contributed by atoms with Gasteiger partial charge in [-0.3, -0.25) is 0 Å². The van der Waals surface area contributed by atoms with Gasteiger partial charge in [0.2, 0.25) is 0 Å². The van der Waals surface area contributed by atoms with Crippen LogP contribution in [0.15, 0.2) is 18.2 Å². The fourth-order valence-electron chi connectivity index (χ4n) is 4.68. The zero-order chi connectivity index (χ0) is 18.6. The number of ether oxygens (including phenoxy) is 2. The predicted molar refractivity (Wildman–Crippen MR) is 106 cm³/mol. The predicted octanol–water partition coefficient (Wildman–Crippen LogP) is 3.58. The largest absolute Gasteiger partial charge is 0.490 e. The summed E-state index contributed by atoms with van der Waals surface area (Å²) >= 11 is 0.